The molecule has 0 saturated heterocycles. The lowest BCUT2D eigenvalue weighted by Gasteiger charge is -2.34. The highest BCUT2D eigenvalue weighted by Gasteiger charge is 2.29. The first-order valence-electron chi connectivity index (χ1n) is 8.51. The third-order valence-electron chi connectivity index (χ3n) is 5.03. The minimum absolute atomic E-state index is 0.0725. The molecule has 1 amide bonds. The van der Waals surface area contributed by atoms with Crippen molar-refractivity contribution in [2.45, 2.75) is 46.1 Å². The minimum atomic E-state index is -0.865. The number of carbonyl (C=O) groups excluding carboxylic acids is 2. The summed E-state index contributed by atoms with van der Waals surface area (Å²) < 4.78 is 4.98. The van der Waals surface area contributed by atoms with Crippen LogP contribution in [0.3, 0.4) is 0 Å². The minimum Gasteiger partial charge on any atom is -0.452 e. The molecule has 0 bridgehead atoms. The van der Waals surface area contributed by atoms with Crippen LogP contribution in [0.5, 0.6) is 0 Å². The molecule has 136 valence electrons. The van der Waals surface area contributed by atoms with Gasteiger partial charge in [0.05, 0.1) is 4.92 Å². The lowest BCUT2D eigenvalue weighted by atomic mass is 9.78. The van der Waals surface area contributed by atoms with Crippen molar-refractivity contribution in [1.29, 1.82) is 0 Å². The van der Waals surface area contributed by atoms with Crippen molar-refractivity contribution in [1.82, 2.24) is 5.32 Å². The number of benzene rings is 1. The fourth-order valence-electron chi connectivity index (χ4n) is 3.31. The topological polar surface area (TPSA) is 98.5 Å². The van der Waals surface area contributed by atoms with Gasteiger partial charge in [0.2, 0.25) is 0 Å². The summed E-state index contributed by atoms with van der Waals surface area (Å²) in [5.41, 5.74) is -0.0611. The highest BCUT2D eigenvalue weighted by molar-refractivity contribution is 5.95. The van der Waals surface area contributed by atoms with Gasteiger partial charge in [-0.3, -0.25) is 14.9 Å². The number of hydrogen-bond donors (Lipinski definition) is 1. The summed E-state index contributed by atoms with van der Waals surface area (Å²) in [5.74, 6) is -0.340. The first-order chi connectivity index (χ1) is 11.8. The number of carbonyl (C=O) groups is 2. The molecule has 2 rings (SSSR count). The number of hydrogen-bond acceptors (Lipinski definition) is 5. The van der Waals surface area contributed by atoms with E-state index >= 15 is 0 Å². The van der Waals surface area contributed by atoms with Gasteiger partial charge >= 0.3 is 5.97 Å². The Hall–Kier alpha value is -2.44. The summed E-state index contributed by atoms with van der Waals surface area (Å²) in [7, 11) is 0. The van der Waals surface area contributed by atoms with Gasteiger partial charge in [-0.1, -0.05) is 38.8 Å². The van der Waals surface area contributed by atoms with Crippen LogP contribution in [0.4, 0.5) is 5.69 Å². The SMILES string of the molecule is Cc1cccc(C(=O)OCC(=O)N[C@@H]2CCC[C@H](C)[C@@H]2C)c1[N+](=O)[O-]. The molecule has 25 heavy (non-hydrogen) atoms. The molecule has 1 aromatic carbocycles. The van der Waals surface area contributed by atoms with E-state index in [0.717, 1.165) is 19.3 Å². The first kappa shape index (κ1) is 18.9. The molecular formula is C18H24N2O5. The van der Waals surface area contributed by atoms with Gasteiger partial charge in [0.15, 0.2) is 6.61 Å². The summed E-state index contributed by atoms with van der Waals surface area (Å²) in [5, 5.41) is 14.0. The molecule has 0 heterocycles. The van der Waals surface area contributed by atoms with Crippen LogP contribution in [0.25, 0.3) is 0 Å². The summed E-state index contributed by atoms with van der Waals surface area (Å²) in [6.07, 6.45) is 3.12. The van der Waals surface area contributed by atoms with E-state index in [1.807, 2.05) is 0 Å². The molecule has 0 unspecified atom stereocenters. The van der Waals surface area contributed by atoms with Crippen molar-refractivity contribution in [3.63, 3.8) is 0 Å². The van der Waals surface area contributed by atoms with Crippen molar-refractivity contribution >= 4 is 17.6 Å². The Labute approximate surface area is 146 Å². The van der Waals surface area contributed by atoms with Gasteiger partial charge in [-0.05, 0) is 31.2 Å². The number of rotatable bonds is 5. The van der Waals surface area contributed by atoms with Crippen molar-refractivity contribution in [2.75, 3.05) is 6.61 Å². The Kier molecular flexibility index (Phi) is 6.12. The van der Waals surface area contributed by atoms with Gasteiger partial charge in [0, 0.05) is 11.6 Å². The quantitative estimate of drug-likeness (QED) is 0.501. The molecule has 1 aliphatic rings. The van der Waals surface area contributed by atoms with Gasteiger partial charge in [-0.2, -0.15) is 0 Å². The van der Waals surface area contributed by atoms with Crippen LogP contribution in [-0.4, -0.2) is 29.4 Å². The molecule has 3 atom stereocenters. The van der Waals surface area contributed by atoms with Gasteiger partial charge < -0.3 is 10.1 Å². The van der Waals surface area contributed by atoms with Crippen LogP contribution in [0.2, 0.25) is 0 Å². The number of esters is 1. The molecule has 0 aliphatic heterocycles. The molecule has 0 aromatic heterocycles. The molecule has 1 N–H and O–H groups in total. The van der Waals surface area contributed by atoms with Crippen LogP contribution in [-0.2, 0) is 9.53 Å². The summed E-state index contributed by atoms with van der Waals surface area (Å²) >= 11 is 0. The highest BCUT2D eigenvalue weighted by atomic mass is 16.6. The molecule has 1 aliphatic carbocycles. The molecule has 7 heteroatoms. The van der Waals surface area contributed by atoms with Crippen LogP contribution in [0.1, 0.15) is 49.0 Å². The molecule has 1 fully saturated rings. The Morgan fingerprint density at radius 2 is 2.04 bits per heavy atom. The number of nitrogens with one attached hydrogen (secondary N) is 1. The van der Waals surface area contributed by atoms with E-state index in [-0.39, 0.29) is 23.2 Å². The summed E-state index contributed by atoms with van der Waals surface area (Å²) in [6, 6.07) is 4.50. The number of para-hydroxylation sites is 1. The van der Waals surface area contributed by atoms with Crippen LogP contribution in [0, 0.1) is 28.9 Å². The number of ether oxygens (including phenoxy) is 1. The zero-order valence-corrected chi connectivity index (χ0v) is 14.8. The maximum absolute atomic E-state index is 12.1. The third-order valence-corrected chi connectivity index (χ3v) is 5.03. The monoisotopic (exact) mass is 348 g/mol. The Morgan fingerprint density at radius 1 is 1.32 bits per heavy atom. The maximum Gasteiger partial charge on any atom is 0.345 e. The summed E-state index contributed by atoms with van der Waals surface area (Å²) in [6.45, 7) is 5.38. The van der Waals surface area contributed by atoms with Crippen LogP contribution < -0.4 is 5.32 Å². The Balaban J connectivity index is 1.95. The predicted molar refractivity (Wildman–Crippen MR) is 92.2 cm³/mol. The normalized spacial score (nSPS) is 22.9. The largest absolute Gasteiger partial charge is 0.452 e. The van der Waals surface area contributed by atoms with Crippen molar-refractivity contribution in [3.8, 4) is 0 Å². The van der Waals surface area contributed by atoms with E-state index < -0.39 is 17.5 Å². The lowest BCUT2D eigenvalue weighted by molar-refractivity contribution is -0.385. The second kappa shape index (κ2) is 8.09. The average Bonchev–Trinajstić information content (AvgIpc) is 2.56. The second-order valence-corrected chi connectivity index (χ2v) is 6.75. The van der Waals surface area contributed by atoms with Crippen LogP contribution in [0.15, 0.2) is 18.2 Å². The average molecular weight is 348 g/mol. The first-order valence-corrected chi connectivity index (χ1v) is 8.51. The number of nitrogens with zero attached hydrogens (tertiary/aromatic N) is 1. The van der Waals surface area contributed by atoms with E-state index in [0.29, 0.717) is 17.4 Å². The smallest absolute Gasteiger partial charge is 0.345 e. The fourth-order valence-corrected chi connectivity index (χ4v) is 3.31. The zero-order chi connectivity index (χ0) is 18.6. The van der Waals surface area contributed by atoms with Gasteiger partial charge in [-0.15, -0.1) is 0 Å². The Bertz CT molecular complexity index is 673. The number of nitro benzene ring substituents is 1. The number of aryl methyl sites for hydroxylation is 1. The fraction of sp³-hybridized carbons (Fsp3) is 0.556. The van der Waals surface area contributed by atoms with E-state index in [9.17, 15) is 19.7 Å². The van der Waals surface area contributed by atoms with E-state index in [1.165, 1.54) is 6.07 Å². The number of nitro groups is 1. The standard InChI is InChI=1S/C18H24N2O5/c1-11-6-5-9-15(13(11)3)19-16(21)10-25-18(22)14-8-4-7-12(2)17(14)20(23)24/h4,7-8,11,13,15H,5-6,9-10H2,1-3H3,(H,19,21)/t11-,13-,15+/m0/s1. The van der Waals surface area contributed by atoms with Gasteiger partial charge in [-0.25, -0.2) is 4.79 Å². The third kappa shape index (κ3) is 4.55. The molecule has 0 radical (unpaired) electrons. The number of amides is 1. The predicted octanol–water partition coefficient (Wildman–Crippen LogP) is 3.00. The van der Waals surface area contributed by atoms with Gasteiger partial charge in [0.25, 0.3) is 11.6 Å². The van der Waals surface area contributed by atoms with E-state index in [4.69, 9.17) is 4.74 Å². The summed E-state index contributed by atoms with van der Waals surface area (Å²) in [4.78, 5) is 34.7. The maximum atomic E-state index is 12.1. The molecule has 1 saturated carbocycles. The van der Waals surface area contributed by atoms with Crippen molar-refractivity contribution in [3.05, 3.63) is 39.4 Å². The van der Waals surface area contributed by atoms with Crippen LogP contribution >= 0.6 is 0 Å². The van der Waals surface area contributed by atoms with Crippen molar-refractivity contribution in [2.24, 2.45) is 11.8 Å². The molecule has 1 aromatic rings. The highest BCUT2D eigenvalue weighted by Crippen LogP contribution is 2.29. The second-order valence-electron chi connectivity index (χ2n) is 6.75. The zero-order valence-electron chi connectivity index (χ0n) is 14.8. The Morgan fingerprint density at radius 3 is 2.72 bits per heavy atom. The van der Waals surface area contributed by atoms with E-state index in [1.54, 1.807) is 19.1 Å². The van der Waals surface area contributed by atoms with E-state index in [2.05, 4.69) is 19.2 Å². The lowest BCUT2D eigenvalue weighted by Crippen LogP contribution is -2.45. The molecular weight excluding hydrogens is 324 g/mol. The molecule has 0 spiro atoms. The molecule has 7 nitrogen and oxygen atoms in total. The van der Waals surface area contributed by atoms with Crippen molar-refractivity contribution < 1.29 is 19.2 Å². The van der Waals surface area contributed by atoms with Gasteiger partial charge in [0.1, 0.15) is 5.56 Å².